The molecule has 8 aromatic rings. The number of benzene rings is 7. The van der Waals surface area contributed by atoms with Crippen molar-refractivity contribution in [3.05, 3.63) is 109 Å². The molecule has 0 radical (unpaired) electrons. The van der Waals surface area contributed by atoms with Gasteiger partial charge in [0, 0.05) is 29.7 Å². The van der Waals surface area contributed by atoms with Gasteiger partial charge in [-0.25, -0.2) is 4.98 Å². The number of oxazole rings is 1. The molecule has 0 atom stereocenters. The van der Waals surface area contributed by atoms with Crippen LogP contribution in [-0.4, -0.2) is 18.1 Å². The first kappa shape index (κ1) is 23.0. The van der Waals surface area contributed by atoms with Crippen LogP contribution in [0.3, 0.4) is 0 Å². The summed E-state index contributed by atoms with van der Waals surface area (Å²) >= 11 is 0. The van der Waals surface area contributed by atoms with Crippen LogP contribution < -0.4 is 4.90 Å². The van der Waals surface area contributed by atoms with Crippen molar-refractivity contribution in [3.63, 3.8) is 0 Å². The van der Waals surface area contributed by atoms with Crippen LogP contribution in [0.25, 0.3) is 76.8 Å². The molecule has 0 saturated carbocycles. The maximum atomic E-state index is 6.59. The monoisotopic (exact) mass is 516 g/mol. The summed E-state index contributed by atoms with van der Waals surface area (Å²) in [5, 5.41) is 9.78. The van der Waals surface area contributed by atoms with Crippen LogP contribution in [0.15, 0.2) is 114 Å². The van der Waals surface area contributed by atoms with Crippen molar-refractivity contribution < 1.29 is 4.42 Å². The van der Waals surface area contributed by atoms with Crippen molar-refractivity contribution in [2.75, 3.05) is 18.0 Å². The summed E-state index contributed by atoms with van der Waals surface area (Å²) in [6.07, 6.45) is 0. The lowest BCUT2D eigenvalue weighted by atomic mass is 9.92. The van der Waals surface area contributed by atoms with E-state index in [1.54, 1.807) is 0 Å². The van der Waals surface area contributed by atoms with E-state index in [1.165, 1.54) is 49.0 Å². The lowest BCUT2D eigenvalue weighted by Crippen LogP contribution is -2.21. The molecule has 7 aromatic carbocycles. The number of anilines is 1. The van der Waals surface area contributed by atoms with Crippen molar-refractivity contribution >= 4 is 59.9 Å². The third-order valence-electron chi connectivity index (χ3n) is 8.47. The molecule has 1 aromatic heterocycles. The summed E-state index contributed by atoms with van der Waals surface area (Å²) in [5.41, 5.74) is 6.32. The summed E-state index contributed by atoms with van der Waals surface area (Å²) in [6.45, 7) is 6.38. The highest BCUT2D eigenvalue weighted by molar-refractivity contribution is 6.25. The molecule has 0 aliphatic rings. The SMILES string of the molecule is CCN(CC)c1ccc(-c2cc3oc(-c4ccc5ccc6cccc7ccc4c5c67)nc3c3ccccc23)cc1. The minimum absolute atomic E-state index is 0.659. The number of rotatable bonds is 5. The van der Waals surface area contributed by atoms with Crippen LogP contribution in [0.5, 0.6) is 0 Å². The molecular weight excluding hydrogens is 488 g/mol. The van der Waals surface area contributed by atoms with Gasteiger partial charge in [-0.3, -0.25) is 0 Å². The highest BCUT2D eigenvalue weighted by Crippen LogP contribution is 2.41. The van der Waals surface area contributed by atoms with E-state index in [9.17, 15) is 0 Å². The van der Waals surface area contributed by atoms with Crippen LogP contribution in [0.4, 0.5) is 5.69 Å². The zero-order valence-corrected chi connectivity index (χ0v) is 22.6. The maximum absolute atomic E-state index is 6.59. The van der Waals surface area contributed by atoms with Crippen LogP contribution in [0.1, 0.15) is 13.8 Å². The second-order valence-corrected chi connectivity index (χ2v) is 10.5. The molecule has 8 rings (SSSR count). The van der Waals surface area contributed by atoms with E-state index < -0.39 is 0 Å². The fourth-order valence-corrected chi connectivity index (χ4v) is 6.47. The van der Waals surface area contributed by atoms with E-state index in [4.69, 9.17) is 9.40 Å². The molecule has 0 aliphatic heterocycles. The summed E-state index contributed by atoms with van der Waals surface area (Å²) in [5.74, 6) is 0.659. The predicted octanol–water partition coefficient (Wildman–Crippen LogP) is 10.1. The molecule has 0 amide bonds. The van der Waals surface area contributed by atoms with E-state index in [-0.39, 0.29) is 0 Å². The first-order chi connectivity index (χ1) is 19.7. The summed E-state index contributed by atoms with van der Waals surface area (Å²) in [6, 6.07) is 39.3. The fraction of sp³-hybridized carbons (Fsp3) is 0.108. The van der Waals surface area contributed by atoms with Gasteiger partial charge in [-0.1, -0.05) is 84.9 Å². The van der Waals surface area contributed by atoms with Gasteiger partial charge in [0.05, 0.1) is 0 Å². The molecule has 0 N–H and O–H groups in total. The van der Waals surface area contributed by atoms with E-state index >= 15 is 0 Å². The predicted molar refractivity (Wildman–Crippen MR) is 170 cm³/mol. The Bertz CT molecular complexity index is 2170. The smallest absolute Gasteiger partial charge is 0.227 e. The minimum Gasteiger partial charge on any atom is -0.436 e. The van der Waals surface area contributed by atoms with Gasteiger partial charge in [0.25, 0.3) is 0 Å². The van der Waals surface area contributed by atoms with Gasteiger partial charge in [0.2, 0.25) is 5.89 Å². The fourth-order valence-electron chi connectivity index (χ4n) is 6.47. The molecule has 3 heteroatoms. The minimum atomic E-state index is 0.659. The molecule has 1 heterocycles. The van der Waals surface area contributed by atoms with Gasteiger partial charge >= 0.3 is 0 Å². The highest BCUT2D eigenvalue weighted by atomic mass is 16.3. The van der Waals surface area contributed by atoms with Gasteiger partial charge in [-0.05, 0) is 86.9 Å². The lowest BCUT2D eigenvalue weighted by molar-refractivity contribution is 0.621. The Morgan fingerprint density at radius 1 is 0.600 bits per heavy atom. The molecule has 3 nitrogen and oxygen atoms in total. The average Bonchev–Trinajstić information content (AvgIpc) is 3.45. The van der Waals surface area contributed by atoms with Crippen molar-refractivity contribution in [2.24, 2.45) is 0 Å². The molecular formula is C37H28N2O. The van der Waals surface area contributed by atoms with Gasteiger partial charge in [0.15, 0.2) is 5.58 Å². The zero-order valence-electron chi connectivity index (χ0n) is 22.6. The van der Waals surface area contributed by atoms with E-state index in [2.05, 4.69) is 128 Å². The third kappa shape index (κ3) is 3.34. The number of aromatic nitrogens is 1. The Morgan fingerprint density at radius 3 is 2.02 bits per heavy atom. The third-order valence-corrected chi connectivity index (χ3v) is 8.47. The lowest BCUT2D eigenvalue weighted by Gasteiger charge is -2.21. The van der Waals surface area contributed by atoms with Gasteiger partial charge in [-0.15, -0.1) is 0 Å². The Kier molecular flexibility index (Phi) is 5.08. The van der Waals surface area contributed by atoms with Crippen LogP contribution in [0.2, 0.25) is 0 Å². The Morgan fingerprint density at radius 2 is 1.27 bits per heavy atom. The van der Waals surface area contributed by atoms with E-state index in [1.807, 2.05) is 0 Å². The number of hydrogen-bond acceptors (Lipinski definition) is 3. The molecule has 40 heavy (non-hydrogen) atoms. The van der Waals surface area contributed by atoms with Crippen LogP contribution >= 0.6 is 0 Å². The zero-order chi connectivity index (χ0) is 26.8. The van der Waals surface area contributed by atoms with E-state index in [0.29, 0.717) is 5.89 Å². The molecule has 192 valence electrons. The Labute approximate surface area is 232 Å². The van der Waals surface area contributed by atoms with Gasteiger partial charge in [0.1, 0.15) is 5.52 Å². The first-order valence-corrected chi connectivity index (χ1v) is 14.1. The highest BCUT2D eigenvalue weighted by Gasteiger charge is 2.18. The normalized spacial score (nSPS) is 11.9. The largest absolute Gasteiger partial charge is 0.436 e. The van der Waals surface area contributed by atoms with Crippen LogP contribution in [0, 0.1) is 0 Å². The Balaban J connectivity index is 1.34. The summed E-state index contributed by atoms with van der Waals surface area (Å²) in [4.78, 5) is 7.48. The summed E-state index contributed by atoms with van der Waals surface area (Å²) < 4.78 is 6.59. The van der Waals surface area contributed by atoms with Crippen molar-refractivity contribution in [2.45, 2.75) is 13.8 Å². The standard InChI is InChI=1S/C37H28N2O/c1-3-39(4-2)27-18-14-23(15-19-27)32-22-33-36(30-11-6-5-10-28(30)32)38-37(40-33)31-21-17-26-13-12-24-8-7-9-25-16-20-29(31)35(26)34(24)25/h5-22H,3-4H2,1-2H3. The van der Waals surface area contributed by atoms with E-state index in [0.717, 1.165) is 40.7 Å². The van der Waals surface area contributed by atoms with Crippen molar-refractivity contribution in [1.29, 1.82) is 0 Å². The topological polar surface area (TPSA) is 29.3 Å². The number of hydrogen-bond donors (Lipinski definition) is 0. The molecule has 0 fully saturated rings. The molecule has 0 unspecified atom stereocenters. The molecule has 0 aliphatic carbocycles. The van der Waals surface area contributed by atoms with Crippen molar-refractivity contribution in [1.82, 2.24) is 4.98 Å². The second-order valence-electron chi connectivity index (χ2n) is 10.5. The van der Waals surface area contributed by atoms with Gasteiger partial charge in [-0.2, -0.15) is 0 Å². The summed E-state index contributed by atoms with van der Waals surface area (Å²) in [7, 11) is 0. The molecule has 0 bridgehead atoms. The average molecular weight is 517 g/mol. The number of fused-ring (bicyclic) bond motifs is 3. The van der Waals surface area contributed by atoms with Crippen molar-refractivity contribution in [3.8, 4) is 22.6 Å². The van der Waals surface area contributed by atoms with Crippen LogP contribution in [-0.2, 0) is 0 Å². The Hall–Kier alpha value is -4.89. The molecule has 0 saturated heterocycles. The molecule has 0 spiro atoms. The quantitative estimate of drug-likeness (QED) is 0.213. The van der Waals surface area contributed by atoms with Gasteiger partial charge < -0.3 is 9.32 Å². The second kappa shape index (κ2) is 8.82. The number of nitrogens with zero attached hydrogens (tertiary/aromatic N) is 2. The maximum Gasteiger partial charge on any atom is 0.227 e. The first-order valence-electron chi connectivity index (χ1n) is 14.1.